The number of halogens is 2. The molecule has 1 heterocycles. The van der Waals surface area contributed by atoms with Crippen LogP contribution in [0.4, 0.5) is 5.69 Å². The molecule has 0 saturated carbocycles. The lowest BCUT2D eigenvalue weighted by Crippen LogP contribution is -2.55. The average Bonchev–Trinajstić information content (AvgIpc) is 2.75. The van der Waals surface area contributed by atoms with Crippen molar-refractivity contribution < 1.29 is 4.79 Å². The van der Waals surface area contributed by atoms with E-state index in [0.717, 1.165) is 24.1 Å². The van der Waals surface area contributed by atoms with Gasteiger partial charge in [0.15, 0.2) is 0 Å². The standard InChI is InChI=1S/C27H27Cl2NO/c1-5-18-10-13-20(14-11-18)27(4)17-26(2,3)30(24-9-7-6-8-21(24)27)25(31)19-12-15-22(28)23(29)16-19/h6-16H,5,17H2,1-4H3. The Balaban J connectivity index is 1.85. The number of carbonyl (C=O) groups excluding carboxylic acids is 1. The molecule has 0 fully saturated rings. The summed E-state index contributed by atoms with van der Waals surface area (Å²) in [5, 5.41) is 0.830. The van der Waals surface area contributed by atoms with E-state index in [1.807, 2.05) is 17.0 Å². The van der Waals surface area contributed by atoms with Crippen LogP contribution in [0, 0.1) is 0 Å². The van der Waals surface area contributed by atoms with Gasteiger partial charge >= 0.3 is 0 Å². The minimum absolute atomic E-state index is 0.0700. The molecule has 1 aliphatic rings. The van der Waals surface area contributed by atoms with Gasteiger partial charge in [0.25, 0.3) is 5.91 Å². The van der Waals surface area contributed by atoms with Crippen LogP contribution in [0.2, 0.25) is 10.0 Å². The van der Waals surface area contributed by atoms with Crippen molar-refractivity contribution >= 4 is 34.8 Å². The Morgan fingerprint density at radius 1 is 0.935 bits per heavy atom. The van der Waals surface area contributed by atoms with Crippen LogP contribution in [0.25, 0.3) is 0 Å². The van der Waals surface area contributed by atoms with E-state index in [1.54, 1.807) is 18.2 Å². The van der Waals surface area contributed by atoms with Crippen LogP contribution in [0.15, 0.2) is 66.7 Å². The molecular weight excluding hydrogens is 425 g/mol. The minimum atomic E-state index is -0.407. The second kappa shape index (κ2) is 8.00. The third kappa shape index (κ3) is 3.77. The van der Waals surface area contributed by atoms with Gasteiger partial charge in [-0.05, 0) is 67.6 Å². The van der Waals surface area contributed by atoms with Gasteiger partial charge < -0.3 is 4.90 Å². The molecule has 3 aromatic rings. The first kappa shape index (κ1) is 21.9. The molecule has 3 aromatic carbocycles. The number of amides is 1. The van der Waals surface area contributed by atoms with E-state index < -0.39 is 5.54 Å². The Hall–Kier alpha value is -2.29. The lowest BCUT2D eigenvalue weighted by Gasteiger charge is -2.51. The van der Waals surface area contributed by atoms with Crippen LogP contribution < -0.4 is 4.90 Å². The highest BCUT2D eigenvalue weighted by atomic mass is 35.5. The van der Waals surface area contributed by atoms with Crippen molar-refractivity contribution in [3.05, 3.63) is 99.0 Å². The topological polar surface area (TPSA) is 20.3 Å². The van der Waals surface area contributed by atoms with Crippen LogP contribution in [0.3, 0.4) is 0 Å². The van der Waals surface area contributed by atoms with E-state index in [9.17, 15) is 4.79 Å². The Kier molecular flexibility index (Phi) is 5.66. The summed E-state index contributed by atoms with van der Waals surface area (Å²) in [6, 6.07) is 22.2. The first-order chi connectivity index (χ1) is 14.7. The molecule has 1 atom stereocenters. The van der Waals surface area contributed by atoms with Crippen LogP contribution in [0.5, 0.6) is 0 Å². The van der Waals surface area contributed by atoms with Gasteiger partial charge in [-0.2, -0.15) is 0 Å². The number of benzene rings is 3. The summed E-state index contributed by atoms with van der Waals surface area (Å²) in [6.07, 6.45) is 1.82. The molecule has 0 radical (unpaired) electrons. The van der Waals surface area contributed by atoms with E-state index >= 15 is 0 Å². The minimum Gasteiger partial charge on any atom is -0.302 e. The summed E-state index contributed by atoms with van der Waals surface area (Å²) in [6.45, 7) is 8.73. The summed E-state index contributed by atoms with van der Waals surface area (Å²) in [4.78, 5) is 15.6. The number of aryl methyl sites for hydroxylation is 1. The summed E-state index contributed by atoms with van der Waals surface area (Å²) < 4.78 is 0. The van der Waals surface area contributed by atoms with Gasteiger partial charge in [-0.25, -0.2) is 0 Å². The van der Waals surface area contributed by atoms with Crippen LogP contribution in [0.1, 0.15) is 61.2 Å². The van der Waals surface area contributed by atoms with Crippen molar-refractivity contribution in [2.45, 2.75) is 51.5 Å². The number of fused-ring (bicyclic) bond motifs is 1. The van der Waals surface area contributed by atoms with Crippen molar-refractivity contribution in [2.75, 3.05) is 4.90 Å². The molecule has 0 spiro atoms. The van der Waals surface area contributed by atoms with E-state index in [-0.39, 0.29) is 11.3 Å². The Morgan fingerprint density at radius 2 is 1.61 bits per heavy atom. The number of hydrogen-bond acceptors (Lipinski definition) is 1. The fourth-order valence-electron chi connectivity index (χ4n) is 5.01. The summed E-state index contributed by atoms with van der Waals surface area (Å²) >= 11 is 12.3. The van der Waals surface area contributed by atoms with Crippen molar-refractivity contribution in [1.29, 1.82) is 0 Å². The number of carbonyl (C=O) groups is 1. The monoisotopic (exact) mass is 451 g/mol. The van der Waals surface area contributed by atoms with Gasteiger partial charge in [-0.1, -0.05) is 79.5 Å². The Bertz CT molecular complexity index is 1140. The van der Waals surface area contributed by atoms with Crippen molar-refractivity contribution in [1.82, 2.24) is 0 Å². The number of rotatable bonds is 3. The first-order valence-electron chi connectivity index (χ1n) is 10.7. The van der Waals surface area contributed by atoms with Crippen LogP contribution in [-0.4, -0.2) is 11.4 Å². The molecule has 0 bridgehead atoms. The number of hydrogen-bond donors (Lipinski definition) is 0. The fourth-order valence-corrected chi connectivity index (χ4v) is 5.31. The maximum absolute atomic E-state index is 13.7. The molecule has 1 aliphatic heterocycles. The molecule has 2 nitrogen and oxygen atoms in total. The maximum atomic E-state index is 13.7. The molecule has 0 aliphatic carbocycles. The molecular formula is C27H27Cl2NO. The fraction of sp³-hybridized carbons (Fsp3) is 0.296. The second-order valence-electron chi connectivity index (χ2n) is 9.16. The molecule has 0 saturated heterocycles. The summed E-state index contributed by atoms with van der Waals surface area (Å²) in [7, 11) is 0. The summed E-state index contributed by atoms with van der Waals surface area (Å²) in [5.41, 5.74) is 4.62. The van der Waals surface area contributed by atoms with E-state index in [4.69, 9.17) is 23.2 Å². The quantitative estimate of drug-likeness (QED) is 0.399. The van der Waals surface area contributed by atoms with Gasteiger partial charge in [-0.3, -0.25) is 4.79 Å². The highest BCUT2D eigenvalue weighted by Crippen LogP contribution is 2.50. The Morgan fingerprint density at radius 3 is 2.26 bits per heavy atom. The molecule has 0 aromatic heterocycles. The van der Waals surface area contributed by atoms with Gasteiger partial charge in [0.05, 0.1) is 10.0 Å². The van der Waals surface area contributed by atoms with Gasteiger partial charge in [-0.15, -0.1) is 0 Å². The summed E-state index contributed by atoms with van der Waals surface area (Å²) in [5.74, 6) is -0.0700. The van der Waals surface area contributed by atoms with Gasteiger partial charge in [0.1, 0.15) is 0 Å². The lowest BCUT2D eigenvalue weighted by atomic mass is 9.65. The average molecular weight is 452 g/mol. The van der Waals surface area contributed by atoms with Crippen molar-refractivity contribution in [2.24, 2.45) is 0 Å². The maximum Gasteiger partial charge on any atom is 0.258 e. The van der Waals surface area contributed by atoms with E-state index in [2.05, 4.69) is 64.1 Å². The highest BCUT2D eigenvalue weighted by molar-refractivity contribution is 6.42. The van der Waals surface area contributed by atoms with Gasteiger partial charge in [0, 0.05) is 22.2 Å². The van der Waals surface area contributed by atoms with E-state index in [0.29, 0.717) is 15.6 Å². The zero-order valence-electron chi connectivity index (χ0n) is 18.4. The number of para-hydroxylation sites is 1. The molecule has 1 amide bonds. The Labute approximate surface area is 194 Å². The van der Waals surface area contributed by atoms with Gasteiger partial charge in [0.2, 0.25) is 0 Å². The second-order valence-corrected chi connectivity index (χ2v) is 9.97. The predicted octanol–water partition coefficient (Wildman–Crippen LogP) is 7.69. The third-order valence-corrected chi connectivity index (χ3v) is 7.24. The van der Waals surface area contributed by atoms with E-state index in [1.165, 1.54) is 11.1 Å². The molecule has 31 heavy (non-hydrogen) atoms. The molecule has 0 N–H and O–H groups in total. The third-order valence-electron chi connectivity index (χ3n) is 6.50. The zero-order chi connectivity index (χ0) is 22.4. The zero-order valence-corrected chi connectivity index (χ0v) is 19.9. The van der Waals surface area contributed by atoms with Crippen LogP contribution >= 0.6 is 23.2 Å². The largest absolute Gasteiger partial charge is 0.302 e. The molecule has 1 unspecified atom stereocenters. The van der Waals surface area contributed by atoms with Crippen molar-refractivity contribution in [3.8, 4) is 0 Å². The SMILES string of the molecule is CCc1ccc(C2(C)CC(C)(C)N(C(=O)c3ccc(Cl)c(Cl)c3)c3ccccc32)cc1. The lowest BCUT2D eigenvalue weighted by molar-refractivity contribution is 0.0948. The first-order valence-corrected chi connectivity index (χ1v) is 11.4. The van der Waals surface area contributed by atoms with Crippen molar-refractivity contribution in [3.63, 3.8) is 0 Å². The smallest absolute Gasteiger partial charge is 0.258 e. The molecule has 4 rings (SSSR count). The molecule has 160 valence electrons. The highest BCUT2D eigenvalue weighted by Gasteiger charge is 2.47. The number of anilines is 1. The number of nitrogens with zero attached hydrogens (tertiary/aromatic N) is 1. The van der Waals surface area contributed by atoms with Crippen LogP contribution in [-0.2, 0) is 11.8 Å². The molecule has 4 heteroatoms. The normalized spacial score (nSPS) is 19.7. The predicted molar refractivity (Wildman–Crippen MR) is 131 cm³/mol.